The van der Waals surface area contributed by atoms with E-state index in [4.69, 9.17) is 10.6 Å². The minimum atomic E-state index is -0.138. The quantitative estimate of drug-likeness (QED) is 0.281. The maximum atomic E-state index is 10.7. The molecule has 13 heavy (non-hydrogen) atoms. The van der Waals surface area contributed by atoms with E-state index >= 15 is 0 Å². The number of nitrogens with two attached hydrogens (primary N) is 1. The number of ether oxygens (including phenoxy) is 1. The average Bonchev–Trinajstić information content (AvgIpc) is 2.11. The molecule has 0 fully saturated rings. The van der Waals surface area contributed by atoms with E-state index in [1.54, 1.807) is 0 Å². The first-order valence-electron chi connectivity index (χ1n) is 4.69. The van der Waals surface area contributed by atoms with Crippen molar-refractivity contribution < 1.29 is 9.53 Å². The fourth-order valence-electron chi connectivity index (χ4n) is 0.767. The zero-order chi connectivity index (χ0) is 10.3. The van der Waals surface area contributed by atoms with Gasteiger partial charge in [0.2, 0.25) is 5.91 Å². The lowest BCUT2D eigenvalue weighted by Gasteiger charge is -2.16. The van der Waals surface area contributed by atoms with Crippen molar-refractivity contribution in [3.05, 3.63) is 0 Å². The molecule has 0 saturated carbocycles. The van der Waals surface area contributed by atoms with Crippen LogP contribution in [0, 0.1) is 5.92 Å². The molecule has 1 unspecified atom stereocenters. The molecule has 0 aliphatic carbocycles. The number of carbonyl (C=O) groups excluding carboxylic acids is 1. The van der Waals surface area contributed by atoms with Gasteiger partial charge in [-0.15, -0.1) is 0 Å². The van der Waals surface area contributed by atoms with Gasteiger partial charge in [-0.1, -0.05) is 13.8 Å². The summed E-state index contributed by atoms with van der Waals surface area (Å²) in [5.74, 6) is 5.30. The molecule has 3 N–H and O–H groups in total. The average molecular weight is 188 g/mol. The van der Waals surface area contributed by atoms with Crippen molar-refractivity contribution in [2.45, 2.75) is 39.7 Å². The molecular formula is C9H20N2O2. The van der Waals surface area contributed by atoms with E-state index in [0.29, 0.717) is 18.9 Å². The highest BCUT2D eigenvalue weighted by Crippen LogP contribution is 2.05. The lowest BCUT2D eigenvalue weighted by molar-refractivity contribution is -0.121. The van der Waals surface area contributed by atoms with Gasteiger partial charge in [-0.2, -0.15) is 0 Å². The standard InChI is InChI=1S/C9H20N2O2/c1-7(2)8(3)13-6-4-5-9(12)11-10/h7-8H,4-6,10H2,1-3H3,(H,11,12). The molecule has 4 heteroatoms. The Morgan fingerprint density at radius 3 is 2.54 bits per heavy atom. The van der Waals surface area contributed by atoms with Gasteiger partial charge in [0, 0.05) is 13.0 Å². The highest BCUT2D eigenvalue weighted by molar-refractivity contribution is 5.75. The Morgan fingerprint density at radius 2 is 2.08 bits per heavy atom. The number of rotatable bonds is 6. The van der Waals surface area contributed by atoms with Gasteiger partial charge in [0.05, 0.1) is 6.10 Å². The summed E-state index contributed by atoms with van der Waals surface area (Å²) in [4.78, 5) is 10.7. The van der Waals surface area contributed by atoms with Crippen LogP contribution in [0.3, 0.4) is 0 Å². The fraction of sp³-hybridized carbons (Fsp3) is 0.889. The number of amides is 1. The van der Waals surface area contributed by atoms with Crippen LogP contribution in [-0.2, 0) is 9.53 Å². The molecular weight excluding hydrogens is 168 g/mol. The Balaban J connectivity index is 3.30. The van der Waals surface area contributed by atoms with Crippen LogP contribution in [0.5, 0.6) is 0 Å². The van der Waals surface area contributed by atoms with Gasteiger partial charge in [-0.3, -0.25) is 10.2 Å². The number of nitrogens with one attached hydrogen (secondary N) is 1. The third-order valence-corrected chi connectivity index (χ3v) is 2.03. The van der Waals surface area contributed by atoms with E-state index in [-0.39, 0.29) is 12.0 Å². The van der Waals surface area contributed by atoms with Gasteiger partial charge >= 0.3 is 0 Å². The molecule has 0 rings (SSSR count). The predicted molar refractivity (Wildman–Crippen MR) is 51.8 cm³/mol. The van der Waals surface area contributed by atoms with Gasteiger partial charge in [0.15, 0.2) is 0 Å². The van der Waals surface area contributed by atoms with E-state index in [2.05, 4.69) is 19.3 Å². The monoisotopic (exact) mass is 188 g/mol. The van der Waals surface area contributed by atoms with E-state index in [0.717, 1.165) is 6.42 Å². The molecule has 0 aromatic carbocycles. The third kappa shape index (κ3) is 6.54. The Bertz CT molecular complexity index is 149. The van der Waals surface area contributed by atoms with Crippen LogP contribution in [-0.4, -0.2) is 18.6 Å². The molecule has 1 amide bonds. The fourth-order valence-corrected chi connectivity index (χ4v) is 0.767. The van der Waals surface area contributed by atoms with Crippen LogP contribution in [0.15, 0.2) is 0 Å². The van der Waals surface area contributed by atoms with Crippen LogP contribution < -0.4 is 11.3 Å². The summed E-state index contributed by atoms with van der Waals surface area (Å²) in [5.41, 5.74) is 2.08. The Kier molecular flexibility index (Phi) is 6.54. The minimum Gasteiger partial charge on any atom is -0.378 e. The molecule has 0 bridgehead atoms. The Morgan fingerprint density at radius 1 is 1.46 bits per heavy atom. The number of hydrazine groups is 1. The summed E-state index contributed by atoms with van der Waals surface area (Å²) in [6, 6.07) is 0. The van der Waals surface area contributed by atoms with Crippen molar-refractivity contribution in [3.63, 3.8) is 0 Å². The molecule has 0 spiro atoms. The number of carbonyl (C=O) groups is 1. The second-order valence-electron chi connectivity index (χ2n) is 3.49. The predicted octanol–water partition coefficient (Wildman–Crippen LogP) is 0.818. The minimum absolute atomic E-state index is 0.138. The second kappa shape index (κ2) is 6.86. The molecule has 1 atom stereocenters. The molecule has 4 nitrogen and oxygen atoms in total. The topological polar surface area (TPSA) is 64.3 Å². The largest absolute Gasteiger partial charge is 0.378 e. The van der Waals surface area contributed by atoms with Gasteiger partial charge < -0.3 is 4.74 Å². The number of hydrogen-bond acceptors (Lipinski definition) is 3. The second-order valence-corrected chi connectivity index (χ2v) is 3.49. The van der Waals surface area contributed by atoms with Gasteiger partial charge in [-0.25, -0.2) is 5.84 Å². The van der Waals surface area contributed by atoms with Crippen LogP contribution >= 0.6 is 0 Å². The summed E-state index contributed by atoms with van der Waals surface area (Å²) in [5, 5.41) is 0. The van der Waals surface area contributed by atoms with Crippen LogP contribution in [0.4, 0.5) is 0 Å². The zero-order valence-corrected chi connectivity index (χ0v) is 8.67. The summed E-state index contributed by atoms with van der Waals surface area (Å²) >= 11 is 0. The molecule has 0 aliphatic rings. The first-order valence-corrected chi connectivity index (χ1v) is 4.69. The van der Waals surface area contributed by atoms with Gasteiger partial charge in [0.25, 0.3) is 0 Å². The van der Waals surface area contributed by atoms with E-state index in [1.807, 2.05) is 6.92 Å². The molecule has 78 valence electrons. The normalized spacial score (nSPS) is 13.0. The van der Waals surface area contributed by atoms with Crippen LogP contribution in [0.25, 0.3) is 0 Å². The molecule has 0 aliphatic heterocycles. The summed E-state index contributed by atoms with van der Waals surface area (Å²) < 4.78 is 5.48. The third-order valence-electron chi connectivity index (χ3n) is 2.03. The van der Waals surface area contributed by atoms with Gasteiger partial charge in [0.1, 0.15) is 0 Å². The molecule has 0 aromatic rings. The first-order chi connectivity index (χ1) is 6.07. The highest BCUT2D eigenvalue weighted by atomic mass is 16.5. The summed E-state index contributed by atoms with van der Waals surface area (Å²) in [6.07, 6.45) is 1.41. The van der Waals surface area contributed by atoms with E-state index in [1.165, 1.54) is 0 Å². The zero-order valence-electron chi connectivity index (χ0n) is 8.67. The van der Waals surface area contributed by atoms with Crippen LogP contribution in [0.2, 0.25) is 0 Å². The SMILES string of the molecule is CC(C)C(C)OCCCC(=O)NN. The van der Waals surface area contributed by atoms with Crippen molar-refractivity contribution in [1.82, 2.24) is 5.43 Å². The number of hydrogen-bond donors (Lipinski definition) is 2. The van der Waals surface area contributed by atoms with Crippen molar-refractivity contribution in [2.24, 2.45) is 11.8 Å². The van der Waals surface area contributed by atoms with E-state index < -0.39 is 0 Å². The Labute approximate surface area is 79.8 Å². The van der Waals surface area contributed by atoms with Crippen molar-refractivity contribution in [2.75, 3.05) is 6.61 Å². The molecule has 0 aromatic heterocycles. The highest BCUT2D eigenvalue weighted by Gasteiger charge is 2.06. The maximum absolute atomic E-state index is 10.7. The van der Waals surface area contributed by atoms with Gasteiger partial charge in [-0.05, 0) is 19.3 Å². The molecule has 0 saturated heterocycles. The smallest absolute Gasteiger partial charge is 0.233 e. The Hall–Kier alpha value is -0.610. The van der Waals surface area contributed by atoms with Crippen molar-refractivity contribution in [3.8, 4) is 0 Å². The molecule has 0 heterocycles. The van der Waals surface area contributed by atoms with Crippen molar-refractivity contribution in [1.29, 1.82) is 0 Å². The van der Waals surface area contributed by atoms with Crippen LogP contribution in [0.1, 0.15) is 33.6 Å². The van der Waals surface area contributed by atoms with Crippen molar-refractivity contribution >= 4 is 5.91 Å². The lowest BCUT2D eigenvalue weighted by atomic mass is 10.1. The maximum Gasteiger partial charge on any atom is 0.233 e. The first kappa shape index (κ1) is 12.4. The molecule has 0 radical (unpaired) electrons. The van der Waals surface area contributed by atoms with E-state index in [9.17, 15) is 4.79 Å². The lowest BCUT2D eigenvalue weighted by Crippen LogP contribution is -2.30. The summed E-state index contributed by atoms with van der Waals surface area (Å²) in [7, 11) is 0. The summed E-state index contributed by atoms with van der Waals surface area (Å²) in [6.45, 7) is 6.87.